The summed E-state index contributed by atoms with van der Waals surface area (Å²) in [7, 11) is -7.39. The van der Waals surface area contributed by atoms with Crippen LogP contribution < -0.4 is 4.72 Å². The quantitative estimate of drug-likeness (QED) is 0.740. The highest BCUT2D eigenvalue weighted by Gasteiger charge is 2.08. The molecule has 0 saturated carbocycles. The third kappa shape index (κ3) is 5.26. The number of rotatable bonds is 5. The summed E-state index contributed by atoms with van der Waals surface area (Å²) >= 11 is 0. The number of nitrogens with one attached hydrogen (secondary N) is 1. The molecule has 0 fully saturated rings. The van der Waals surface area contributed by atoms with Gasteiger partial charge in [-0.2, -0.15) is 8.42 Å². The van der Waals surface area contributed by atoms with Crippen LogP contribution in [0.3, 0.4) is 0 Å². The fourth-order valence-corrected chi connectivity index (χ4v) is 2.16. The zero-order valence-corrected chi connectivity index (χ0v) is 10.8. The van der Waals surface area contributed by atoms with Gasteiger partial charge in [-0.25, -0.2) is 13.1 Å². The zero-order valence-electron chi connectivity index (χ0n) is 9.12. The van der Waals surface area contributed by atoms with Gasteiger partial charge in [0.2, 0.25) is 10.0 Å². The number of benzene rings is 1. The molecular formula is C9H13NO5S2. The van der Waals surface area contributed by atoms with Gasteiger partial charge in [-0.05, 0) is 24.1 Å². The van der Waals surface area contributed by atoms with Crippen LogP contribution in [0.15, 0.2) is 29.2 Å². The Kier molecular flexibility index (Phi) is 4.26. The van der Waals surface area contributed by atoms with Crippen LogP contribution in [0.2, 0.25) is 0 Å². The van der Waals surface area contributed by atoms with E-state index in [0.717, 1.165) is 11.8 Å². The van der Waals surface area contributed by atoms with Crippen molar-refractivity contribution in [1.29, 1.82) is 0 Å². The minimum atomic E-state index is -4.17. The Morgan fingerprint density at radius 1 is 1.12 bits per heavy atom. The van der Waals surface area contributed by atoms with Gasteiger partial charge < -0.3 is 0 Å². The molecule has 0 aliphatic carbocycles. The van der Waals surface area contributed by atoms with E-state index in [1.165, 1.54) is 24.3 Å². The lowest BCUT2D eigenvalue weighted by molar-refractivity contribution is 0.483. The van der Waals surface area contributed by atoms with Crippen molar-refractivity contribution in [2.75, 3.05) is 12.8 Å². The van der Waals surface area contributed by atoms with Gasteiger partial charge in [-0.15, -0.1) is 0 Å². The van der Waals surface area contributed by atoms with Crippen LogP contribution in [-0.4, -0.2) is 34.2 Å². The molecule has 0 atom stereocenters. The highest BCUT2D eigenvalue weighted by Crippen LogP contribution is 2.10. The van der Waals surface area contributed by atoms with Crippen molar-refractivity contribution in [1.82, 2.24) is 4.72 Å². The predicted octanol–water partition coefficient (Wildman–Crippen LogP) is 0.0250. The Morgan fingerprint density at radius 3 is 2.06 bits per heavy atom. The average molecular weight is 279 g/mol. The fourth-order valence-electron chi connectivity index (χ4n) is 1.21. The maximum atomic E-state index is 10.8. The van der Waals surface area contributed by atoms with Gasteiger partial charge >= 0.3 is 0 Å². The molecule has 1 aromatic rings. The molecule has 0 bridgehead atoms. The van der Waals surface area contributed by atoms with E-state index in [-0.39, 0.29) is 11.4 Å². The fraction of sp³-hybridized carbons (Fsp3) is 0.333. The Morgan fingerprint density at radius 2 is 1.65 bits per heavy atom. The van der Waals surface area contributed by atoms with Gasteiger partial charge in [0.15, 0.2) is 0 Å². The molecular weight excluding hydrogens is 266 g/mol. The summed E-state index contributed by atoms with van der Waals surface area (Å²) in [6.07, 6.45) is 1.51. The van der Waals surface area contributed by atoms with E-state index >= 15 is 0 Å². The van der Waals surface area contributed by atoms with E-state index in [0.29, 0.717) is 6.42 Å². The van der Waals surface area contributed by atoms with E-state index in [4.69, 9.17) is 4.55 Å². The summed E-state index contributed by atoms with van der Waals surface area (Å²) in [6.45, 7) is 0.240. The van der Waals surface area contributed by atoms with Gasteiger partial charge in [0.1, 0.15) is 0 Å². The van der Waals surface area contributed by atoms with E-state index in [1.54, 1.807) is 0 Å². The normalized spacial score (nSPS) is 12.6. The Hall–Kier alpha value is -0.960. The summed E-state index contributed by atoms with van der Waals surface area (Å²) in [5.41, 5.74) is 0.772. The lowest BCUT2D eigenvalue weighted by Gasteiger charge is -2.03. The lowest BCUT2D eigenvalue weighted by atomic mass is 10.2. The van der Waals surface area contributed by atoms with Gasteiger partial charge in [0.25, 0.3) is 10.1 Å². The molecule has 0 radical (unpaired) electrons. The van der Waals surface area contributed by atoms with Crippen molar-refractivity contribution in [2.45, 2.75) is 11.3 Å². The van der Waals surface area contributed by atoms with Gasteiger partial charge in [0.05, 0.1) is 11.2 Å². The van der Waals surface area contributed by atoms with E-state index in [1.807, 2.05) is 0 Å². The molecule has 2 N–H and O–H groups in total. The summed E-state index contributed by atoms with van der Waals surface area (Å²) in [6, 6.07) is 5.58. The largest absolute Gasteiger partial charge is 0.294 e. The monoisotopic (exact) mass is 279 g/mol. The minimum absolute atomic E-state index is 0.183. The van der Waals surface area contributed by atoms with E-state index < -0.39 is 20.1 Å². The predicted molar refractivity (Wildman–Crippen MR) is 62.8 cm³/mol. The second-order valence-corrected chi connectivity index (χ2v) is 6.79. The van der Waals surface area contributed by atoms with Gasteiger partial charge in [-0.3, -0.25) is 4.55 Å². The first kappa shape index (κ1) is 14.1. The first-order valence-corrected chi connectivity index (χ1v) is 8.03. The molecule has 1 aromatic carbocycles. The Bertz CT molecular complexity index is 574. The lowest BCUT2D eigenvalue weighted by Crippen LogP contribution is -2.24. The summed E-state index contributed by atoms with van der Waals surface area (Å²) < 4.78 is 54.1. The number of hydrogen-bond donors (Lipinski definition) is 2. The highest BCUT2D eigenvalue weighted by atomic mass is 32.2. The smallest absolute Gasteiger partial charge is 0.282 e. The molecule has 0 aliphatic heterocycles. The summed E-state index contributed by atoms with van der Waals surface area (Å²) in [4.78, 5) is -0.183. The number of sulfonamides is 1. The van der Waals surface area contributed by atoms with Crippen molar-refractivity contribution >= 4 is 20.1 Å². The molecule has 0 amide bonds. The van der Waals surface area contributed by atoms with Gasteiger partial charge in [0, 0.05) is 6.54 Å². The van der Waals surface area contributed by atoms with E-state index in [2.05, 4.69) is 4.72 Å². The molecule has 0 saturated heterocycles. The van der Waals surface area contributed by atoms with Crippen LogP contribution in [0.5, 0.6) is 0 Å². The van der Waals surface area contributed by atoms with Crippen LogP contribution >= 0.6 is 0 Å². The second kappa shape index (κ2) is 5.13. The SMILES string of the molecule is CS(=O)(=O)NCCc1ccc(S(=O)(=O)O)cc1. The molecule has 6 nitrogen and oxygen atoms in total. The van der Waals surface area contributed by atoms with Crippen LogP contribution in [0.1, 0.15) is 5.56 Å². The second-order valence-electron chi connectivity index (χ2n) is 3.54. The van der Waals surface area contributed by atoms with Crippen LogP contribution in [-0.2, 0) is 26.6 Å². The van der Waals surface area contributed by atoms with Crippen molar-refractivity contribution in [3.05, 3.63) is 29.8 Å². The molecule has 96 valence electrons. The summed E-state index contributed by atoms with van der Waals surface area (Å²) in [5.74, 6) is 0. The Balaban J connectivity index is 2.64. The minimum Gasteiger partial charge on any atom is -0.282 e. The molecule has 1 rings (SSSR count). The highest BCUT2D eigenvalue weighted by molar-refractivity contribution is 7.88. The van der Waals surface area contributed by atoms with Crippen LogP contribution in [0, 0.1) is 0 Å². The van der Waals surface area contributed by atoms with Crippen molar-refractivity contribution < 1.29 is 21.4 Å². The maximum absolute atomic E-state index is 10.8. The van der Waals surface area contributed by atoms with Gasteiger partial charge in [-0.1, -0.05) is 12.1 Å². The summed E-state index contributed by atoms with van der Waals surface area (Å²) in [5, 5.41) is 0. The third-order valence-corrected chi connectivity index (χ3v) is 3.60. The maximum Gasteiger partial charge on any atom is 0.294 e. The average Bonchev–Trinajstić information content (AvgIpc) is 2.15. The first-order chi connectivity index (χ1) is 7.68. The molecule has 0 aliphatic rings. The van der Waals surface area contributed by atoms with Crippen molar-refractivity contribution in [3.8, 4) is 0 Å². The standard InChI is InChI=1S/C9H13NO5S2/c1-16(11,12)10-7-6-8-2-4-9(5-3-8)17(13,14)15/h2-5,10H,6-7H2,1H3,(H,13,14,15). The molecule has 0 unspecified atom stereocenters. The molecule has 17 heavy (non-hydrogen) atoms. The van der Waals surface area contributed by atoms with Crippen LogP contribution in [0.4, 0.5) is 0 Å². The molecule has 0 heterocycles. The topological polar surface area (TPSA) is 101 Å². The molecule has 8 heteroatoms. The van der Waals surface area contributed by atoms with Crippen molar-refractivity contribution in [2.24, 2.45) is 0 Å². The van der Waals surface area contributed by atoms with Crippen molar-refractivity contribution in [3.63, 3.8) is 0 Å². The zero-order chi connectivity index (χ0) is 13.1. The molecule has 0 spiro atoms. The van der Waals surface area contributed by atoms with Crippen LogP contribution in [0.25, 0.3) is 0 Å². The molecule has 0 aromatic heterocycles. The first-order valence-electron chi connectivity index (χ1n) is 4.69. The van der Waals surface area contributed by atoms with E-state index in [9.17, 15) is 16.8 Å². The third-order valence-electron chi connectivity index (χ3n) is 2.00. The Labute approximate surface area is 100 Å². The number of hydrogen-bond acceptors (Lipinski definition) is 4.